The Bertz CT molecular complexity index is 480. The first kappa shape index (κ1) is 9.39. The zero-order valence-electron chi connectivity index (χ0n) is 8.56. The second kappa shape index (κ2) is 3.07. The molecule has 3 rings (SSSR count). The van der Waals surface area contributed by atoms with Gasteiger partial charge in [0.1, 0.15) is 11.2 Å². The van der Waals surface area contributed by atoms with Gasteiger partial charge in [-0.15, -0.1) is 0 Å². The molecule has 4 nitrogen and oxygen atoms in total. The van der Waals surface area contributed by atoms with Crippen LogP contribution in [-0.2, 0) is 19.7 Å². The molecule has 0 saturated carbocycles. The first-order valence-corrected chi connectivity index (χ1v) is 5.20. The lowest BCUT2D eigenvalue weighted by molar-refractivity contribution is -0.154. The molecule has 2 aliphatic rings. The Balaban J connectivity index is 2.17. The van der Waals surface area contributed by atoms with Crippen LogP contribution < -0.4 is 4.74 Å². The van der Waals surface area contributed by atoms with Gasteiger partial charge in [0, 0.05) is 12.0 Å². The third-order valence-electron chi connectivity index (χ3n) is 3.23. The molecule has 0 radical (unpaired) electrons. The predicted molar refractivity (Wildman–Crippen MR) is 53.9 cm³/mol. The van der Waals surface area contributed by atoms with E-state index in [2.05, 4.69) is 4.74 Å². The van der Waals surface area contributed by atoms with Gasteiger partial charge in [0.25, 0.3) is 0 Å². The number of para-hydroxylation sites is 1. The normalized spacial score (nSPS) is 27.5. The molecule has 2 heterocycles. The van der Waals surface area contributed by atoms with Crippen LogP contribution in [-0.4, -0.2) is 18.5 Å². The Morgan fingerprint density at radius 2 is 2.00 bits per heavy atom. The van der Waals surface area contributed by atoms with Gasteiger partial charge in [-0.1, -0.05) is 18.2 Å². The molecule has 1 atom stereocenters. The van der Waals surface area contributed by atoms with E-state index in [1.807, 2.05) is 24.3 Å². The van der Waals surface area contributed by atoms with Crippen LogP contribution in [0.3, 0.4) is 0 Å². The monoisotopic (exact) mass is 218 g/mol. The van der Waals surface area contributed by atoms with Crippen LogP contribution in [0.4, 0.5) is 0 Å². The van der Waals surface area contributed by atoms with Gasteiger partial charge in [-0.25, -0.2) is 0 Å². The summed E-state index contributed by atoms with van der Waals surface area (Å²) in [4.78, 5) is 23.1. The van der Waals surface area contributed by atoms with E-state index in [0.29, 0.717) is 18.8 Å². The van der Waals surface area contributed by atoms with Gasteiger partial charge in [0.15, 0.2) is 0 Å². The molecule has 0 N–H and O–H groups in total. The van der Waals surface area contributed by atoms with E-state index in [0.717, 1.165) is 5.56 Å². The van der Waals surface area contributed by atoms with Crippen LogP contribution in [0.1, 0.15) is 18.4 Å². The molecule has 82 valence electrons. The van der Waals surface area contributed by atoms with Crippen LogP contribution in [0.5, 0.6) is 5.75 Å². The van der Waals surface area contributed by atoms with Crippen molar-refractivity contribution in [1.29, 1.82) is 0 Å². The summed E-state index contributed by atoms with van der Waals surface area (Å²) in [5.74, 6) is -0.199. The minimum atomic E-state index is -0.800. The number of benzene rings is 1. The number of carbonyl (C=O) groups excluding carboxylic acids is 2. The highest BCUT2D eigenvalue weighted by molar-refractivity contribution is 6.01. The maximum atomic E-state index is 11.8. The second-order valence-electron chi connectivity index (χ2n) is 4.12. The lowest BCUT2D eigenvalue weighted by atomic mass is 9.75. The third kappa shape index (κ3) is 1.10. The van der Waals surface area contributed by atoms with Gasteiger partial charge in [0.05, 0.1) is 13.0 Å². The van der Waals surface area contributed by atoms with Gasteiger partial charge in [0.2, 0.25) is 0 Å². The van der Waals surface area contributed by atoms with Crippen molar-refractivity contribution in [3.63, 3.8) is 0 Å². The number of rotatable bonds is 0. The van der Waals surface area contributed by atoms with Crippen LogP contribution in [0, 0.1) is 0 Å². The Morgan fingerprint density at radius 3 is 2.75 bits per heavy atom. The van der Waals surface area contributed by atoms with E-state index in [1.54, 1.807) is 0 Å². The maximum absolute atomic E-state index is 11.8. The standard InChI is InChI=1S/C12H10O4/c13-10-7-12(11(14)16-10)5-6-15-9-4-2-1-3-8(9)12/h1-4H,5-7H2. The average Bonchev–Trinajstić information content (AvgIpc) is 2.55. The minimum Gasteiger partial charge on any atom is -0.493 e. The van der Waals surface area contributed by atoms with Crippen molar-refractivity contribution in [3.05, 3.63) is 29.8 Å². The van der Waals surface area contributed by atoms with E-state index >= 15 is 0 Å². The fraction of sp³-hybridized carbons (Fsp3) is 0.333. The average molecular weight is 218 g/mol. The smallest absolute Gasteiger partial charge is 0.325 e. The van der Waals surface area contributed by atoms with Crippen molar-refractivity contribution in [2.24, 2.45) is 0 Å². The Labute approximate surface area is 92.2 Å². The van der Waals surface area contributed by atoms with E-state index in [4.69, 9.17) is 4.74 Å². The van der Waals surface area contributed by atoms with Crippen molar-refractivity contribution in [1.82, 2.24) is 0 Å². The first-order chi connectivity index (χ1) is 7.72. The summed E-state index contributed by atoms with van der Waals surface area (Å²) in [7, 11) is 0. The minimum absolute atomic E-state index is 0.131. The second-order valence-corrected chi connectivity index (χ2v) is 4.12. The summed E-state index contributed by atoms with van der Waals surface area (Å²) in [6, 6.07) is 7.33. The number of ether oxygens (including phenoxy) is 2. The Morgan fingerprint density at radius 1 is 1.19 bits per heavy atom. The predicted octanol–water partition coefficient (Wildman–Crippen LogP) is 1.18. The third-order valence-corrected chi connectivity index (χ3v) is 3.23. The highest BCUT2D eigenvalue weighted by Crippen LogP contribution is 2.45. The molecule has 0 amide bonds. The molecule has 4 heteroatoms. The summed E-state index contributed by atoms with van der Waals surface area (Å²) in [6.45, 7) is 0.444. The molecule has 16 heavy (non-hydrogen) atoms. The molecule has 0 aromatic heterocycles. The zero-order chi connectivity index (χ0) is 11.2. The topological polar surface area (TPSA) is 52.6 Å². The molecule has 1 aromatic rings. The lowest BCUT2D eigenvalue weighted by Gasteiger charge is -2.30. The van der Waals surface area contributed by atoms with Crippen molar-refractivity contribution in [2.45, 2.75) is 18.3 Å². The quantitative estimate of drug-likeness (QED) is 0.484. The van der Waals surface area contributed by atoms with Crippen LogP contribution in [0.25, 0.3) is 0 Å². The van der Waals surface area contributed by atoms with Crippen molar-refractivity contribution in [3.8, 4) is 5.75 Å². The highest BCUT2D eigenvalue weighted by Gasteiger charge is 2.53. The van der Waals surface area contributed by atoms with Crippen LogP contribution in [0.15, 0.2) is 24.3 Å². The fourth-order valence-electron chi connectivity index (χ4n) is 2.41. The number of carbonyl (C=O) groups is 2. The maximum Gasteiger partial charge on any atom is 0.325 e. The number of esters is 2. The fourth-order valence-corrected chi connectivity index (χ4v) is 2.41. The molecule has 1 aromatic carbocycles. The number of hydrogen-bond acceptors (Lipinski definition) is 4. The number of hydrogen-bond donors (Lipinski definition) is 0. The highest BCUT2D eigenvalue weighted by atomic mass is 16.6. The van der Waals surface area contributed by atoms with Crippen molar-refractivity contribution in [2.75, 3.05) is 6.61 Å². The number of cyclic esters (lactones) is 2. The van der Waals surface area contributed by atoms with E-state index in [-0.39, 0.29) is 6.42 Å². The summed E-state index contributed by atoms with van der Waals surface area (Å²) in [6.07, 6.45) is 0.640. The molecule has 1 fully saturated rings. The van der Waals surface area contributed by atoms with Crippen LogP contribution >= 0.6 is 0 Å². The van der Waals surface area contributed by atoms with E-state index in [9.17, 15) is 9.59 Å². The van der Waals surface area contributed by atoms with Gasteiger partial charge >= 0.3 is 11.9 Å². The van der Waals surface area contributed by atoms with E-state index < -0.39 is 17.4 Å². The SMILES string of the molecule is O=C1CC2(CCOc3ccccc32)C(=O)O1. The van der Waals surface area contributed by atoms with Crippen molar-refractivity contribution < 1.29 is 19.1 Å². The molecule has 1 unspecified atom stereocenters. The van der Waals surface area contributed by atoms with Gasteiger partial charge in [-0.05, 0) is 6.07 Å². The lowest BCUT2D eigenvalue weighted by Crippen LogP contribution is -2.37. The zero-order valence-corrected chi connectivity index (χ0v) is 8.56. The summed E-state index contributed by atoms with van der Waals surface area (Å²) >= 11 is 0. The summed E-state index contributed by atoms with van der Waals surface area (Å²) in [5.41, 5.74) is -0.0246. The first-order valence-electron chi connectivity index (χ1n) is 5.20. The molecule has 2 aliphatic heterocycles. The molecular formula is C12H10O4. The molecule has 0 bridgehead atoms. The molecule has 1 saturated heterocycles. The van der Waals surface area contributed by atoms with Crippen molar-refractivity contribution >= 4 is 11.9 Å². The van der Waals surface area contributed by atoms with Gasteiger partial charge in [-0.2, -0.15) is 0 Å². The molecular weight excluding hydrogens is 208 g/mol. The molecule has 0 aliphatic carbocycles. The summed E-state index contributed by atoms with van der Waals surface area (Å²) < 4.78 is 10.2. The largest absolute Gasteiger partial charge is 0.493 e. The Kier molecular flexibility index (Phi) is 1.80. The van der Waals surface area contributed by atoms with E-state index in [1.165, 1.54) is 0 Å². The van der Waals surface area contributed by atoms with Gasteiger partial charge < -0.3 is 9.47 Å². The van der Waals surface area contributed by atoms with Crippen LogP contribution in [0.2, 0.25) is 0 Å². The molecule has 1 spiro atoms. The summed E-state index contributed by atoms with van der Waals surface area (Å²) in [5, 5.41) is 0. The van der Waals surface area contributed by atoms with Gasteiger partial charge in [-0.3, -0.25) is 9.59 Å². The Hall–Kier alpha value is -1.84. The number of fused-ring (bicyclic) bond motifs is 2.